The number of halogens is 4. The second kappa shape index (κ2) is 7.29. The highest BCUT2D eigenvalue weighted by atomic mass is 79.9. The van der Waals surface area contributed by atoms with Gasteiger partial charge >= 0.3 is 6.18 Å². The molecule has 0 aliphatic carbocycles. The Morgan fingerprint density at radius 1 is 1.07 bits per heavy atom. The molecule has 0 saturated carbocycles. The number of benzene rings is 2. The fourth-order valence-corrected chi connectivity index (χ4v) is 4.20. The zero-order valence-corrected chi connectivity index (χ0v) is 16.7. The van der Waals surface area contributed by atoms with Gasteiger partial charge in [0.2, 0.25) is 0 Å². The van der Waals surface area contributed by atoms with E-state index in [9.17, 15) is 18.0 Å². The van der Waals surface area contributed by atoms with E-state index in [1.165, 1.54) is 12.1 Å². The monoisotopic (exact) mass is 467 g/mol. The number of carbonyl (C=O) groups excluding carboxylic acids is 1. The fourth-order valence-electron chi connectivity index (χ4n) is 2.90. The first-order valence-corrected chi connectivity index (χ1v) is 10.2. The summed E-state index contributed by atoms with van der Waals surface area (Å²) < 4.78 is 40.8. The fraction of sp³-hybridized carbons (Fsp3) is 0.158. The van der Waals surface area contributed by atoms with Crippen LogP contribution in [0.1, 0.15) is 27.2 Å². The number of amides is 1. The van der Waals surface area contributed by atoms with Crippen molar-refractivity contribution in [3.05, 3.63) is 75.4 Å². The summed E-state index contributed by atoms with van der Waals surface area (Å²) in [5.74, 6) is 1.54. The molecular weight excluding hydrogens is 455 g/mol. The molecule has 1 aliphatic heterocycles. The van der Waals surface area contributed by atoms with Crippen molar-refractivity contribution in [2.45, 2.75) is 17.7 Å². The number of nitrogens with one attached hydrogen (secondary N) is 1. The molecule has 0 saturated heterocycles. The van der Waals surface area contributed by atoms with Crippen molar-refractivity contribution in [2.24, 2.45) is 0 Å². The molecule has 0 radical (unpaired) electrons. The van der Waals surface area contributed by atoms with E-state index in [-0.39, 0.29) is 5.56 Å². The van der Waals surface area contributed by atoms with Crippen LogP contribution in [0.3, 0.4) is 0 Å². The highest BCUT2D eigenvalue weighted by Gasteiger charge is 2.30. The standard InChI is InChI=1S/C19H13BrF3N3OS/c20-13-5-7-14(8-6-13)26-17(15-9-28-10-16(15)25-26)24-18(27)11-1-3-12(4-2-11)19(21,22)23/h1-8H,9-10H2,(H,24,27). The second-order valence-corrected chi connectivity index (χ2v) is 8.09. The van der Waals surface area contributed by atoms with Gasteiger partial charge in [0.25, 0.3) is 5.91 Å². The summed E-state index contributed by atoms with van der Waals surface area (Å²) in [5, 5.41) is 7.43. The average Bonchev–Trinajstić information content (AvgIpc) is 3.24. The number of carbonyl (C=O) groups is 1. The summed E-state index contributed by atoms with van der Waals surface area (Å²) in [5.41, 5.74) is 1.98. The Morgan fingerprint density at radius 2 is 1.75 bits per heavy atom. The smallest absolute Gasteiger partial charge is 0.306 e. The van der Waals surface area contributed by atoms with Crippen LogP contribution in [-0.2, 0) is 17.7 Å². The van der Waals surface area contributed by atoms with Crippen molar-refractivity contribution in [3.8, 4) is 5.69 Å². The Hall–Kier alpha value is -2.26. The lowest BCUT2D eigenvalue weighted by Gasteiger charge is -2.12. The maximum Gasteiger partial charge on any atom is 0.416 e. The first-order valence-electron chi connectivity index (χ1n) is 8.26. The Kier molecular flexibility index (Phi) is 4.96. The molecule has 0 unspecified atom stereocenters. The Labute approximate surface area is 171 Å². The van der Waals surface area contributed by atoms with Crippen LogP contribution >= 0.6 is 27.7 Å². The predicted octanol–water partition coefficient (Wildman–Crippen LogP) is 5.65. The first-order chi connectivity index (χ1) is 13.3. The summed E-state index contributed by atoms with van der Waals surface area (Å²) in [6.45, 7) is 0. The Bertz CT molecular complexity index is 1030. The third-order valence-electron chi connectivity index (χ3n) is 4.33. The van der Waals surface area contributed by atoms with Gasteiger partial charge in [-0.2, -0.15) is 30.0 Å². The first kappa shape index (κ1) is 19.1. The zero-order chi connectivity index (χ0) is 19.9. The number of hydrogen-bond donors (Lipinski definition) is 1. The van der Waals surface area contributed by atoms with Gasteiger partial charge in [-0.05, 0) is 48.5 Å². The minimum atomic E-state index is -4.44. The van der Waals surface area contributed by atoms with Gasteiger partial charge in [-0.3, -0.25) is 4.79 Å². The molecule has 0 spiro atoms. The quantitative estimate of drug-likeness (QED) is 0.541. The van der Waals surface area contributed by atoms with Gasteiger partial charge in [0, 0.05) is 27.1 Å². The lowest BCUT2D eigenvalue weighted by Crippen LogP contribution is -2.16. The molecule has 9 heteroatoms. The van der Waals surface area contributed by atoms with Crippen LogP contribution in [0, 0.1) is 0 Å². The molecule has 2 aromatic carbocycles. The highest BCUT2D eigenvalue weighted by molar-refractivity contribution is 9.10. The van der Waals surface area contributed by atoms with Crippen LogP contribution in [0.4, 0.5) is 19.0 Å². The third-order valence-corrected chi connectivity index (χ3v) is 5.83. The van der Waals surface area contributed by atoms with Crippen molar-refractivity contribution in [3.63, 3.8) is 0 Å². The van der Waals surface area contributed by atoms with E-state index in [0.29, 0.717) is 11.6 Å². The van der Waals surface area contributed by atoms with E-state index in [4.69, 9.17) is 0 Å². The van der Waals surface area contributed by atoms with Gasteiger partial charge in [0.15, 0.2) is 0 Å². The average molecular weight is 468 g/mol. The lowest BCUT2D eigenvalue weighted by atomic mass is 10.1. The number of fused-ring (bicyclic) bond motifs is 1. The summed E-state index contributed by atoms with van der Waals surface area (Å²) in [4.78, 5) is 12.7. The van der Waals surface area contributed by atoms with E-state index in [2.05, 4.69) is 26.3 Å². The summed E-state index contributed by atoms with van der Waals surface area (Å²) in [7, 11) is 0. The van der Waals surface area contributed by atoms with E-state index in [1.807, 2.05) is 24.3 Å². The number of hydrogen-bond acceptors (Lipinski definition) is 3. The number of anilines is 1. The summed E-state index contributed by atoms with van der Waals surface area (Å²) >= 11 is 5.09. The molecule has 4 rings (SSSR count). The number of alkyl halides is 3. The maximum absolute atomic E-state index is 12.7. The number of aromatic nitrogens is 2. The van der Waals surface area contributed by atoms with Crippen LogP contribution < -0.4 is 5.32 Å². The maximum atomic E-state index is 12.7. The molecule has 1 aromatic heterocycles. The normalized spacial score (nSPS) is 13.4. The zero-order valence-electron chi connectivity index (χ0n) is 14.3. The van der Waals surface area contributed by atoms with Crippen molar-refractivity contribution in [2.75, 3.05) is 5.32 Å². The molecule has 4 nitrogen and oxygen atoms in total. The minimum Gasteiger partial charge on any atom is -0.306 e. The van der Waals surface area contributed by atoms with Crippen LogP contribution in [0.25, 0.3) is 5.69 Å². The third kappa shape index (κ3) is 3.68. The van der Waals surface area contributed by atoms with Crippen molar-refractivity contribution in [1.82, 2.24) is 9.78 Å². The molecule has 0 bridgehead atoms. The van der Waals surface area contributed by atoms with Crippen LogP contribution in [0.5, 0.6) is 0 Å². The van der Waals surface area contributed by atoms with E-state index in [1.54, 1.807) is 16.4 Å². The second-order valence-electron chi connectivity index (χ2n) is 6.18. The van der Waals surface area contributed by atoms with Crippen molar-refractivity contribution >= 4 is 39.4 Å². The molecule has 1 N–H and O–H groups in total. The molecule has 144 valence electrons. The van der Waals surface area contributed by atoms with Gasteiger partial charge < -0.3 is 5.32 Å². The molecule has 1 amide bonds. The van der Waals surface area contributed by atoms with Gasteiger partial charge in [0.1, 0.15) is 5.82 Å². The summed E-state index contributed by atoms with van der Waals surface area (Å²) in [6.07, 6.45) is -4.44. The van der Waals surface area contributed by atoms with E-state index >= 15 is 0 Å². The van der Waals surface area contributed by atoms with Gasteiger partial charge in [-0.25, -0.2) is 4.68 Å². The lowest BCUT2D eigenvalue weighted by molar-refractivity contribution is -0.137. The van der Waals surface area contributed by atoms with Gasteiger partial charge in [-0.15, -0.1) is 0 Å². The molecule has 28 heavy (non-hydrogen) atoms. The topological polar surface area (TPSA) is 46.9 Å². The van der Waals surface area contributed by atoms with E-state index in [0.717, 1.165) is 39.3 Å². The van der Waals surface area contributed by atoms with Crippen LogP contribution in [0.2, 0.25) is 0 Å². The van der Waals surface area contributed by atoms with Crippen molar-refractivity contribution in [1.29, 1.82) is 0 Å². The number of thioether (sulfide) groups is 1. The Morgan fingerprint density at radius 3 is 2.39 bits per heavy atom. The highest BCUT2D eigenvalue weighted by Crippen LogP contribution is 2.36. The van der Waals surface area contributed by atoms with E-state index < -0.39 is 17.6 Å². The SMILES string of the molecule is O=C(Nc1c2c(nn1-c1ccc(Br)cc1)CSC2)c1ccc(C(F)(F)F)cc1. The molecule has 0 fully saturated rings. The summed E-state index contributed by atoms with van der Waals surface area (Å²) in [6, 6.07) is 11.6. The van der Waals surface area contributed by atoms with Crippen LogP contribution in [-0.4, -0.2) is 15.7 Å². The number of nitrogens with zero attached hydrogens (tertiary/aromatic N) is 2. The molecule has 2 heterocycles. The Balaban J connectivity index is 1.66. The predicted molar refractivity (Wildman–Crippen MR) is 106 cm³/mol. The molecule has 1 aliphatic rings. The minimum absolute atomic E-state index is 0.149. The molecule has 3 aromatic rings. The van der Waals surface area contributed by atoms with Gasteiger partial charge in [-0.1, -0.05) is 15.9 Å². The largest absolute Gasteiger partial charge is 0.416 e. The van der Waals surface area contributed by atoms with Crippen LogP contribution in [0.15, 0.2) is 53.0 Å². The molecule has 0 atom stereocenters. The van der Waals surface area contributed by atoms with Gasteiger partial charge in [0.05, 0.1) is 16.9 Å². The van der Waals surface area contributed by atoms with Crippen molar-refractivity contribution < 1.29 is 18.0 Å². The molecular formula is C19H13BrF3N3OS. The number of rotatable bonds is 3.